The van der Waals surface area contributed by atoms with Crippen LogP contribution in [0.1, 0.15) is 17.5 Å². The molecule has 19 heavy (non-hydrogen) atoms. The third-order valence-corrected chi connectivity index (χ3v) is 5.14. The van der Waals surface area contributed by atoms with E-state index in [1.54, 1.807) is 7.05 Å². The van der Waals surface area contributed by atoms with Gasteiger partial charge >= 0.3 is 0 Å². The fourth-order valence-corrected chi connectivity index (χ4v) is 4.10. The van der Waals surface area contributed by atoms with E-state index in [1.807, 2.05) is 13.8 Å². The molecule has 0 aliphatic heterocycles. The molecular formula is C10H15N5O2S2. The molecule has 0 bridgehead atoms. The zero-order valence-corrected chi connectivity index (χ0v) is 12.5. The molecular weight excluding hydrogens is 286 g/mol. The van der Waals surface area contributed by atoms with Gasteiger partial charge in [0.1, 0.15) is 0 Å². The predicted molar refractivity (Wildman–Crippen MR) is 74.7 cm³/mol. The van der Waals surface area contributed by atoms with Gasteiger partial charge < -0.3 is 10.3 Å². The summed E-state index contributed by atoms with van der Waals surface area (Å²) in [6, 6.07) is 0. The minimum absolute atomic E-state index is 0.0287. The van der Waals surface area contributed by atoms with Gasteiger partial charge in [0.2, 0.25) is 0 Å². The highest BCUT2D eigenvalue weighted by atomic mass is 32.2. The second kappa shape index (κ2) is 4.82. The first-order valence-corrected chi connectivity index (χ1v) is 7.91. The van der Waals surface area contributed by atoms with E-state index in [1.165, 1.54) is 22.2 Å². The Bertz CT molecular complexity index is 682. The van der Waals surface area contributed by atoms with Crippen LogP contribution in [0.25, 0.3) is 0 Å². The van der Waals surface area contributed by atoms with Crippen molar-refractivity contribution in [2.45, 2.75) is 25.3 Å². The Balaban J connectivity index is 2.36. The lowest BCUT2D eigenvalue weighted by atomic mass is 10.3. The number of hydrogen-bond donors (Lipinski definition) is 2. The Labute approximate surface area is 115 Å². The summed E-state index contributed by atoms with van der Waals surface area (Å²) in [4.78, 5) is 9.01. The Kier molecular flexibility index (Phi) is 3.50. The average Bonchev–Trinajstić information content (AvgIpc) is 2.81. The van der Waals surface area contributed by atoms with Gasteiger partial charge in [0.15, 0.2) is 16.0 Å². The van der Waals surface area contributed by atoms with E-state index >= 15 is 0 Å². The van der Waals surface area contributed by atoms with Crippen molar-refractivity contribution in [2.75, 3.05) is 10.5 Å². The molecule has 9 heteroatoms. The Morgan fingerprint density at radius 1 is 1.53 bits per heavy atom. The molecule has 7 nitrogen and oxygen atoms in total. The summed E-state index contributed by atoms with van der Waals surface area (Å²) >= 11 is 1.30. The van der Waals surface area contributed by atoms with E-state index in [-0.39, 0.29) is 10.8 Å². The molecule has 0 spiro atoms. The summed E-state index contributed by atoms with van der Waals surface area (Å²) < 4.78 is 28.3. The number of imidazole rings is 1. The topological polar surface area (TPSA) is 103 Å². The minimum atomic E-state index is -3.77. The van der Waals surface area contributed by atoms with E-state index < -0.39 is 10.0 Å². The van der Waals surface area contributed by atoms with Gasteiger partial charge in [0.05, 0.1) is 12.0 Å². The monoisotopic (exact) mass is 301 g/mol. The minimum Gasteiger partial charge on any atom is -0.381 e. The van der Waals surface area contributed by atoms with Crippen LogP contribution in [0, 0.1) is 6.92 Å². The maximum absolute atomic E-state index is 12.2. The van der Waals surface area contributed by atoms with Crippen LogP contribution in [-0.2, 0) is 23.5 Å². The normalized spacial score (nSPS) is 11.7. The van der Waals surface area contributed by atoms with Crippen LogP contribution >= 0.6 is 11.3 Å². The number of anilines is 2. The number of nitrogens with two attached hydrogens (primary N) is 1. The smallest absolute Gasteiger partial charge is 0.283 e. The Hall–Kier alpha value is -1.61. The number of aryl methyl sites for hydroxylation is 3. The summed E-state index contributed by atoms with van der Waals surface area (Å²) in [6.45, 7) is 3.88. The number of aromatic nitrogens is 3. The van der Waals surface area contributed by atoms with Crippen LogP contribution in [0.5, 0.6) is 0 Å². The molecule has 0 unspecified atom stereocenters. The Morgan fingerprint density at radius 2 is 2.21 bits per heavy atom. The van der Waals surface area contributed by atoms with Crippen LogP contribution in [0.4, 0.5) is 10.9 Å². The summed E-state index contributed by atoms with van der Waals surface area (Å²) in [5.74, 6) is -0.0287. The third-order valence-electron chi connectivity index (χ3n) is 2.61. The van der Waals surface area contributed by atoms with Gasteiger partial charge in [-0.15, -0.1) is 11.3 Å². The van der Waals surface area contributed by atoms with Gasteiger partial charge in [-0.3, -0.25) is 4.72 Å². The number of rotatable bonds is 4. The van der Waals surface area contributed by atoms with Crippen LogP contribution in [0.3, 0.4) is 0 Å². The Morgan fingerprint density at radius 3 is 2.68 bits per heavy atom. The number of sulfonamides is 1. The van der Waals surface area contributed by atoms with Gasteiger partial charge in [0, 0.05) is 11.9 Å². The van der Waals surface area contributed by atoms with Crippen LogP contribution in [-0.4, -0.2) is 23.0 Å². The molecule has 0 aliphatic carbocycles. The van der Waals surface area contributed by atoms with Gasteiger partial charge in [-0.1, -0.05) is 6.92 Å². The van der Waals surface area contributed by atoms with Crippen molar-refractivity contribution in [3.63, 3.8) is 0 Å². The summed E-state index contributed by atoms with van der Waals surface area (Å²) in [5, 5.41) is 0.286. The summed E-state index contributed by atoms with van der Waals surface area (Å²) in [7, 11) is -2.20. The van der Waals surface area contributed by atoms with Crippen molar-refractivity contribution in [3.05, 3.63) is 16.9 Å². The number of nitrogens with one attached hydrogen (secondary N) is 1. The van der Waals surface area contributed by atoms with Gasteiger partial charge in [-0.2, -0.15) is 8.42 Å². The third kappa shape index (κ3) is 2.56. The van der Waals surface area contributed by atoms with E-state index in [2.05, 4.69) is 14.7 Å². The second-order valence-corrected chi connectivity index (χ2v) is 6.83. The van der Waals surface area contributed by atoms with E-state index in [0.29, 0.717) is 5.13 Å². The molecule has 2 aromatic heterocycles. The largest absolute Gasteiger partial charge is 0.381 e. The molecule has 0 radical (unpaired) electrons. The first-order valence-electron chi connectivity index (χ1n) is 5.61. The second-order valence-electron chi connectivity index (χ2n) is 4.03. The fourth-order valence-electron chi connectivity index (χ4n) is 1.73. The van der Waals surface area contributed by atoms with Crippen molar-refractivity contribution in [2.24, 2.45) is 7.05 Å². The van der Waals surface area contributed by atoms with Crippen LogP contribution in [0.2, 0.25) is 0 Å². The lowest BCUT2D eigenvalue weighted by molar-refractivity contribution is 0.592. The molecule has 3 N–H and O–H groups in total. The highest BCUT2D eigenvalue weighted by molar-refractivity contribution is 7.93. The zero-order valence-electron chi connectivity index (χ0n) is 10.8. The maximum Gasteiger partial charge on any atom is 0.283 e. The molecule has 0 amide bonds. The standard InChI is InChI=1S/C10H15N5O2S2/c1-4-7-6(2)18-10(13-7)14-19(16,17)9-8(11)12-5-15(9)3/h5H,4,11H2,1-3H3,(H,13,14). The highest BCUT2D eigenvalue weighted by Crippen LogP contribution is 2.26. The molecule has 2 aromatic rings. The number of thiazole rings is 1. The molecule has 0 atom stereocenters. The molecule has 0 fully saturated rings. The van der Waals surface area contributed by atoms with Crippen molar-refractivity contribution in [1.29, 1.82) is 0 Å². The first-order chi connectivity index (χ1) is 8.85. The van der Waals surface area contributed by atoms with Crippen LogP contribution in [0.15, 0.2) is 11.4 Å². The van der Waals surface area contributed by atoms with Gasteiger partial charge in [0.25, 0.3) is 10.0 Å². The SMILES string of the molecule is CCc1nc(NS(=O)(=O)c2c(N)ncn2C)sc1C. The number of hydrogen-bond acceptors (Lipinski definition) is 6. The molecule has 2 heterocycles. The van der Waals surface area contributed by atoms with Gasteiger partial charge in [-0.25, -0.2) is 9.97 Å². The van der Waals surface area contributed by atoms with Gasteiger partial charge in [-0.05, 0) is 13.3 Å². The lowest BCUT2D eigenvalue weighted by Gasteiger charge is -2.06. The quantitative estimate of drug-likeness (QED) is 0.881. The van der Waals surface area contributed by atoms with Crippen molar-refractivity contribution in [3.8, 4) is 0 Å². The average molecular weight is 301 g/mol. The molecule has 0 aliphatic rings. The first kappa shape index (κ1) is 13.8. The molecule has 0 saturated heterocycles. The number of nitrogens with zero attached hydrogens (tertiary/aromatic N) is 3. The fraction of sp³-hybridized carbons (Fsp3) is 0.400. The predicted octanol–water partition coefficient (Wildman–Crippen LogP) is 1.13. The summed E-state index contributed by atoms with van der Waals surface area (Å²) in [5.41, 5.74) is 6.46. The van der Waals surface area contributed by atoms with E-state index in [9.17, 15) is 8.42 Å². The van der Waals surface area contributed by atoms with E-state index in [4.69, 9.17) is 5.73 Å². The van der Waals surface area contributed by atoms with Crippen molar-refractivity contribution >= 4 is 32.3 Å². The molecule has 104 valence electrons. The van der Waals surface area contributed by atoms with Crippen molar-refractivity contribution < 1.29 is 8.42 Å². The van der Waals surface area contributed by atoms with E-state index in [0.717, 1.165) is 17.0 Å². The zero-order chi connectivity index (χ0) is 14.2. The number of nitrogen functional groups attached to an aromatic ring is 1. The lowest BCUT2D eigenvalue weighted by Crippen LogP contribution is -2.17. The van der Waals surface area contributed by atoms with Crippen molar-refractivity contribution in [1.82, 2.24) is 14.5 Å². The van der Waals surface area contributed by atoms with Crippen LogP contribution < -0.4 is 10.5 Å². The maximum atomic E-state index is 12.2. The summed E-state index contributed by atoms with van der Waals surface area (Å²) in [6.07, 6.45) is 2.12. The molecule has 2 rings (SSSR count). The highest BCUT2D eigenvalue weighted by Gasteiger charge is 2.24. The molecule has 0 aromatic carbocycles. The molecule has 0 saturated carbocycles.